The fraction of sp³-hybridized carbons (Fsp3) is 0.0909. The van der Waals surface area contributed by atoms with Gasteiger partial charge in [-0.15, -0.1) is 0 Å². The summed E-state index contributed by atoms with van der Waals surface area (Å²) in [5, 5.41) is 15.2. The number of carbonyl (C=O) groups excluding carboxylic acids is 1. The third-order valence-electron chi connectivity index (χ3n) is 2.18. The standard InChI is InChI=1S/C11H10N4O3/c1-15-6-7(11(17)18)9(14-15)10(16)13-8-4-2-3-5-12-8/h2-6H,1H3,(H,17,18)(H,12,13,16). The number of nitrogens with zero attached hydrogens (tertiary/aromatic N) is 3. The van der Waals surface area contributed by atoms with Gasteiger partial charge < -0.3 is 10.4 Å². The maximum Gasteiger partial charge on any atom is 0.339 e. The molecule has 0 bridgehead atoms. The van der Waals surface area contributed by atoms with Gasteiger partial charge in [-0.25, -0.2) is 9.78 Å². The number of carboxylic acid groups (broad SMARTS) is 1. The first-order valence-corrected chi connectivity index (χ1v) is 5.07. The average molecular weight is 246 g/mol. The summed E-state index contributed by atoms with van der Waals surface area (Å²) in [4.78, 5) is 26.7. The number of rotatable bonds is 3. The topological polar surface area (TPSA) is 97.1 Å². The van der Waals surface area contributed by atoms with Crippen molar-refractivity contribution in [2.75, 3.05) is 5.32 Å². The molecule has 1 amide bonds. The number of carbonyl (C=O) groups is 2. The van der Waals surface area contributed by atoms with E-state index in [0.717, 1.165) is 0 Å². The van der Waals surface area contributed by atoms with Crippen molar-refractivity contribution in [1.29, 1.82) is 0 Å². The van der Waals surface area contributed by atoms with Crippen LogP contribution in [0.2, 0.25) is 0 Å². The van der Waals surface area contributed by atoms with Gasteiger partial charge in [0.2, 0.25) is 0 Å². The largest absolute Gasteiger partial charge is 0.478 e. The molecule has 0 saturated carbocycles. The van der Waals surface area contributed by atoms with Crippen LogP contribution in [0.5, 0.6) is 0 Å². The van der Waals surface area contributed by atoms with E-state index < -0.39 is 11.9 Å². The van der Waals surface area contributed by atoms with Crippen molar-refractivity contribution >= 4 is 17.7 Å². The van der Waals surface area contributed by atoms with Gasteiger partial charge in [-0.3, -0.25) is 9.48 Å². The maximum atomic E-state index is 11.9. The first-order valence-electron chi connectivity index (χ1n) is 5.07. The number of carboxylic acids is 1. The minimum absolute atomic E-state index is 0.143. The summed E-state index contributed by atoms with van der Waals surface area (Å²) in [6.07, 6.45) is 2.79. The van der Waals surface area contributed by atoms with Crippen LogP contribution >= 0.6 is 0 Å². The molecule has 0 aliphatic rings. The highest BCUT2D eigenvalue weighted by atomic mass is 16.4. The minimum atomic E-state index is -1.20. The second-order valence-electron chi connectivity index (χ2n) is 3.54. The molecule has 2 heterocycles. The van der Waals surface area contributed by atoms with Crippen molar-refractivity contribution in [2.45, 2.75) is 0 Å². The molecule has 7 nitrogen and oxygen atoms in total. The lowest BCUT2D eigenvalue weighted by Gasteiger charge is -2.01. The van der Waals surface area contributed by atoms with Crippen LogP contribution in [-0.2, 0) is 7.05 Å². The third-order valence-corrected chi connectivity index (χ3v) is 2.18. The van der Waals surface area contributed by atoms with Crippen molar-refractivity contribution in [3.8, 4) is 0 Å². The molecule has 0 aliphatic heterocycles. The Bertz CT molecular complexity index is 592. The van der Waals surface area contributed by atoms with Crippen LogP contribution in [0.4, 0.5) is 5.82 Å². The molecular weight excluding hydrogens is 236 g/mol. The first kappa shape index (κ1) is 11.8. The second kappa shape index (κ2) is 4.66. The van der Waals surface area contributed by atoms with E-state index in [0.29, 0.717) is 5.82 Å². The van der Waals surface area contributed by atoms with E-state index in [9.17, 15) is 9.59 Å². The number of anilines is 1. The lowest BCUT2D eigenvalue weighted by molar-refractivity contribution is 0.0692. The Balaban J connectivity index is 2.27. The van der Waals surface area contributed by atoms with Crippen molar-refractivity contribution in [1.82, 2.24) is 14.8 Å². The zero-order chi connectivity index (χ0) is 13.1. The predicted octanol–water partition coefficient (Wildman–Crippen LogP) is 0.766. The number of aryl methyl sites for hydroxylation is 1. The number of pyridine rings is 1. The molecule has 0 fully saturated rings. The zero-order valence-corrected chi connectivity index (χ0v) is 9.49. The lowest BCUT2D eigenvalue weighted by Crippen LogP contribution is -2.17. The van der Waals surface area contributed by atoms with E-state index in [1.54, 1.807) is 25.2 Å². The van der Waals surface area contributed by atoms with Crippen LogP contribution in [0.25, 0.3) is 0 Å². The van der Waals surface area contributed by atoms with Gasteiger partial charge in [-0.1, -0.05) is 6.07 Å². The SMILES string of the molecule is Cn1cc(C(=O)O)c(C(=O)Nc2ccccn2)n1. The number of hydrogen-bond donors (Lipinski definition) is 2. The normalized spacial score (nSPS) is 10.1. The predicted molar refractivity (Wildman–Crippen MR) is 62.4 cm³/mol. The highest BCUT2D eigenvalue weighted by Gasteiger charge is 2.21. The third kappa shape index (κ3) is 2.34. The number of aromatic nitrogens is 3. The zero-order valence-electron chi connectivity index (χ0n) is 9.49. The Kier molecular flexibility index (Phi) is 3.05. The average Bonchev–Trinajstić information content (AvgIpc) is 2.73. The quantitative estimate of drug-likeness (QED) is 0.833. The molecule has 0 atom stereocenters. The van der Waals surface area contributed by atoms with Crippen LogP contribution in [-0.4, -0.2) is 31.7 Å². The van der Waals surface area contributed by atoms with Gasteiger partial charge in [-0.05, 0) is 12.1 Å². The van der Waals surface area contributed by atoms with E-state index >= 15 is 0 Å². The maximum absolute atomic E-state index is 11.9. The van der Waals surface area contributed by atoms with E-state index in [-0.39, 0.29) is 11.3 Å². The van der Waals surface area contributed by atoms with Crippen LogP contribution in [0, 0.1) is 0 Å². The molecule has 0 saturated heterocycles. The Labute approximate surface area is 102 Å². The molecule has 2 rings (SSSR count). The van der Waals surface area contributed by atoms with Gasteiger partial charge in [0.05, 0.1) is 0 Å². The van der Waals surface area contributed by atoms with Gasteiger partial charge in [0, 0.05) is 19.4 Å². The van der Waals surface area contributed by atoms with E-state index in [1.807, 2.05) is 0 Å². The fourth-order valence-electron chi connectivity index (χ4n) is 1.42. The van der Waals surface area contributed by atoms with Crippen molar-refractivity contribution in [3.63, 3.8) is 0 Å². The van der Waals surface area contributed by atoms with Gasteiger partial charge in [0.15, 0.2) is 5.69 Å². The molecule has 0 radical (unpaired) electrons. The molecule has 0 aliphatic carbocycles. The summed E-state index contributed by atoms with van der Waals surface area (Å²) in [6.45, 7) is 0. The summed E-state index contributed by atoms with van der Waals surface area (Å²) in [6, 6.07) is 5.01. The Morgan fingerprint density at radius 3 is 2.78 bits per heavy atom. The summed E-state index contributed by atoms with van der Waals surface area (Å²) in [7, 11) is 1.55. The van der Waals surface area contributed by atoms with Crippen LogP contribution < -0.4 is 5.32 Å². The Morgan fingerprint density at radius 2 is 2.17 bits per heavy atom. The van der Waals surface area contributed by atoms with Gasteiger partial charge >= 0.3 is 5.97 Å². The summed E-state index contributed by atoms with van der Waals surface area (Å²) < 4.78 is 1.27. The molecule has 2 aromatic heterocycles. The Hall–Kier alpha value is -2.70. The molecule has 18 heavy (non-hydrogen) atoms. The van der Waals surface area contributed by atoms with Gasteiger partial charge in [0.1, 0.15) is 11.4 Å². The molecule has 7 heteroatoms. The smallest absolute Gasteiger partial charge is 0.339 e. The van der Waals surface area contributed by atoms with Crippen LogP contribution in [0.1, 0.15) is 20.8 Å². The van der Waals surface area contributed by atoms with E-state index in [2.05, 4.69) is 15.4 Å². The number of hydrogen-bond acceptors (Lipinski definition) is 4. The molecule has 0 unspecified atom stereocenters. The molecule has 0 spiro atoms. The lowest BCUT2D eigenvalue weighted by atomic mass is 10.2. The molecule has 2 N–H and O–H groups in total. The first-order chi connectivity index (χ1) is 8.58. The molecule has 2 aromatic rings. The van der Waals surface area contributed by atoms with Crippen molar-refractivity contribution < 1.29 is 14.7 Å². The second-order valence-corrected chi connectivity index (χ2v) is 3.54. The number of aromatic carboxylic acids is 1. The minimum Gasteiger partial charge on any atom is -0.478 e. The molecular formula is C11H10N4O3. The van der Waals surface area contributed by atoms with Gasteiger partial charge in [-0.2, -0.15) is 5.10 Å². The Morgan fingerprint density at radius 1 is 1.39 bits per heavy atom. The highest BCUT2D eigenvalue weighted by molar-refractivity contribution is 6.08. The monoisotopic (exact) mass is 246 g/mol. The summed E-state index contributed by atoms with van der Waals surface area (Å²) in [5.41, 5.74) is -0.290. The number of nitrogens with one attached hydrogen (secondary N) is 1. The fourth-order valence-corrected chi connectivity index (χ4v) is 1.42. The summed E-state index contributed by atoms with van der Waals surface area (Å²) in [5.74, 6) is -1.47. The van der Waals surface area contributed by atoms with Crippen LogP contribution in [0.15, 0.2) is 30.6 Å². The van der Waals surface area contributed by atoms with Crippen molar-refractivity contribution in [2.24, 2.45) is 7.05 Å². The number of amides is 1. The molecule has 0 aromatic carbocycles. The van der Waals surface area contributed by atoms with Crippen LogP contribution in [0.3, 0.4) is 0 Å². The van der Waals surface area contributed by atoms with Crippen molar-refractivity contribution in [3.05, 3.63) is 41.9 Å². The molecule has 92 valence electrons. The summed E-state index contributed by atoms with van der Waals surface area (Å²) >= 11 is 0. The van der Waals surface area contributed by atoms with E-state index in [1.165, 1.54) is 17.1 Å². The van der Waals surface area contributed by atoms with E-state index in [4.69, 9.17) is 5.11 Å². The van der Waals surface area contributed by atoms with Gasteiger partial charge in [0.25, 0.3) is 5.91 Å². The highest BCUT2D eigenvalue weighted by Crippen LogP contribution is 2.09.